The molecule has 0 bridgehead atoms. The first-order valence-electron chi connectivity index (χ1n) is 5.71. The molecule has 1 aromatic rings. The maximum atomic E-state index is 12.9. The van der Waals surface area contributed by atoms with Gasteiger partial charge in [0.25, 0.3) is 0 Å². The molecule has 1 aromatic carbocycles. The van der Waals surface area contributed by atoms with Crippen LogP contribution in [0.25, 0.3) is 0 Å². The van der Waals surface area contributed by atoms with Crippen LogP contribution in [0.3, 0.4) is 0 Å². The second-order valence-electron chi connectivity index (χ2n) is 4.47. The largest absolute Gasteiger partial charge is 0.477 e. The Kier molecular flexibility index (Phi) is 3.13. The molecular formula is C13H14F2O2. The normalized spacial score (nSPS) is 14.7. The molecule has 0 saturated carbocycles. The van der Waals surface area contributed by atoms with Crippen molar-refractivity contribution in [1.29, 1.82) is 0 Å². The van der Waals surface area contributed by atoms with Crippen LogP contribution >= 0.6 is 0 Å². The molecule has 17 heavy (non-hydrogen) atoms. The van der Waals surface area contributed by atoms with Crippen LogP contribution < -0.4 is 0 Å². The van der Waals surface area contributed by atoms with Gasteiger partial charge in [0.05, 0.1) is 0 Å². The van der Waals surface area contributed by atoms with Crippen molar-refractivity contribution in [3.05, 3.63) is 34.9 Å². The fourth-order valence-electron chi connectivity index (χ4n) is 2.19. The van der Waals surface area contributed by atoms with E-state index in [0.717, 1.165) is 24.8 Å². The predicted molar refractivity (Wildman–Crippen MR) is 59.4 cm³/mol. The van der Waals surface area contributed by atoms with Crippen LogP contribution in [-0.2, 0) is 24.1 Å². The van der Waals surface area contributed by atoms with Crippen molar-refractivity contribution in [3.63, 3.8) is 0 Å². The molecule has 1 aliphatic rings. The maximum Gasteiger partial charge on any atom is 0.374 e. The fraction of sp³-hybridized carbons (Fsp3) is 0.462. The number of aliphatic carboxylic acids is 1. The lowest BCUT2D eigenvalue weighted by molar-refractivity contribution is -0.165. The van der Waals surface area contributed by atoms with E-state index in [2.05, 4.69) is 0 Å². The zero-order valence-corrected chi connectivity index (χ0v) is 9.38. The molecular weight excluding hydrogens is 226 g/mol. The predicted octanol–water partition coefficient (Wildman–Crippen LogP) is 2.83. The summed E-state index contributed by atoms with van der Waals surface area (Å²) in [4.78, 5) is 10.3. The summed E-state index contributed by atoms with van der Waals surface area (Å²) in [5, 5.41) is 8.32. The molecule has 0 heterocycles. The van der Waals surface area contributed by atoms with Gasteiger partial charge in [-0.05, 0) is 42.4 Å². The summed E-state index contributed by atoms with van der Waals surface area (Å²) < 4.78 is 25.8. The first-order chi connectivity index (χ1) is 7.99. The summed E-state index contributed by atoms with van der Waals surface area (Å²) in [7, 11) is 0. The van der Waals surface area contributed by atoms with Gasteiger partial charge in [0.2, 0.25) is 0 Å². The Hall–Kier alpha value is -1.45. The third kappa shape index (κ3) is 2.62. The summed E-state index contributed by atoms with van der Waals surface area (Å²) in [5.41, 5.74) is 3.31. The fourth-order valence-corrected chi connectivity index (χ4v) is 2.19. The van der Waals surface area contributed by atoms with Crippen LogP contribution in [0, 0.1) is 0 Å². The van der Waals surface area contributed by atoms with Crippen molar-refractivity contribution in [2.45, 2.75) is 38.0 Å². The summed E-state index contributed by atoms with van der Waals surface area (Å²) in [6.07, 6.45) is 2.64. The van der Waals surface area contributed by atoms with Gasteiger partial charge in [-0.3, -0.25) is 0 Å². The lowest BCUT2D eigenvalue weighted by atomic mass is 10.0. The molecule has 0 amide bonds. The van der Waals surface area contributed by atoms with Crippen molar-refractivity contribution in [1.82, 2.24) is 0 Å². The van der Waals surface area contributed by atoms with Crippen LogP contribution in [0.15, 0.2) is 18.2 Å². The van der Waals surface area contributed by atoms with Crippen LogP contribution in [0.4, 0.5) is 8.78 Å². The second kappa shape index (κ2) is 4.43. The average molecular weight is 240 g/mol. The highest BCUT2D eigenvalue weighted by molar-refractivity contribution is 5.75. The van der Waals surface area contributed by atoms with Gasteiger partial charge in [-0.25, -0.2) is 4.79 Å². The number of carboxylic acid groups (broad SMARTS) is 1. The van der Waals surface area contributed by atoms with Crippen molar-refractivity contribution in [3.8, 4) is 0 Å². The van der Waals surface area contributed by atoms with E-state index in [1.165, 1.54) is 11.1 Å². The van der Waals surface area contributed by atoms with Crippen molar-refractivity contribution in [2.75, 3.05) is 0 Å². The molecule has 4 heteroatoms. The number of hydrogen-bond donors (Lipinski definition) is 1. The molecule has 1 aliphatic carbocycles. The molecule has 2 nitrogen and oxygen atoms in total. The minimum absolute atomic E-state index is 0.104. The Morgan fingerprint density at radius 3 is 2.71 bits per heavy atom. The molecule has 2 rings (SSSR count). The number of benzene rings is 1. The molecule has 0 fully saturated rings. The van der Waals surface area contributed by atoms with Crippen LogP contribution in [0.2, 0.25) is 0 Å². The first-order valence-corrected chi connectivity index (χ1v) is 5.71. The Morgan fingerprint density at radius 2 is 2.00 bits per heavy atom. The smallest absolute Gasteiger partial charge is 0.374 e. The molecule has 0 unspecified atom stereocenters. The van der Waals surface area contributed by atoms with E-state index < -0.39 is 18.3 Å². The quantitative estimate of drug-likeness (QED) is 0.878. The lowest BCUT2D eigenvalue weighted by Gasteiger charge is -2.11. The van der Waals surface area contributed by atoms with Crippen LogP contribution in [-0.4, -0.2) is 17.0 Å². The third-order valence-electron chi connectivity index (χ3n) is 3.20. The number of fused-ring (bicyclic) bond motifs is 1. The van der Waals surface area contributed by atoms with E-state index in [1.54, 1.807) is 0 Å². The topological polar surface area (TPSA) is 37.3 Å². The highest BCUT2D eigenvalue weighted by atomic mass is 19.3. The van der Waals surface area contributed by atoms with E-state index in [4.69, 9.17) is 5.11 Å². The highest BCUT2D eigenvalue weighted by Gasteiger charge is 2.37. The zero-order valence-electron chi connectivity index (χ0n) is 9.38. The monoisotopic (exact) mass is 240 g/mol. The van der Waals surface area contributed by atoms with Gasteiger partial charge >= 0.3 is 11.9 Å². The van der Waals surface area contributed by atoms with Gasteiger partial charge < -0.3 is 5.11 Å². The van der Waals surface area contributed by atoms with Gasteiger partial charge in [-0.15, -0.1) is 0 Å². The van der Waals surface area contributed by atoms with Crippen LogP contribution in [0.1, 0.15) is 29.5 Å². The molecule has 0 aliphatic heterocycles. The molecule has 92 valence electrons. The third-order valence-corrected chi connectivity index (χ3v) is 3.20. The van der Waals surface area contributed by atoms with Gasteiger partial charge in [0.1, 0.15) is 0 Å². The number of aryl methyl sites for hydroxylation is 3. The van der Waals surface area contributed by atoms with Gasteiger partial charge in [-0.1, -0.05) is 18.2 Å². The van der Waals surface area contributed by atoms with Crippen molar-refractivity contribution in [2.24, 2.45) is 0 Å². The first kappa shape index (κ1) is 12.0. The van der Waals surface area contributed by atoms with E-state index >= 15 is 0 Å². The maximum absolute atomic E-state index is 12.9. The number of carboxylic acids is 1. The molecule has 0 radical (unpaired) electrons. The number of halogens is 2. The Labute approximate surface area is 98.3 Å². The van der Waals surface area contributed by atoms with Gasteiger partial charge in [-0.2, -0.15) is 8.78 Å². The second-order valence-corrected chi connectivity index (χ2v) is 4.47. The van der Waals surface area contributed by atoms with E-state index in [1.807, 2.05) is 18.2 Å². The minimum atomic E-state index is -3.63. The van der Waals surface area contributed by atoms with Crippen molar-refractivity contribution < 1.29 is 18.7 Å². The Bertz CT molecular complexity index is 441. The summed E-state index contributed by atoms with van der Waals surface area (Å²) in [6, 6.07) is 5.72. The molecule has 1 N–H and O–H groups in total. The molecule has 0 aromatic heterocycles. The van der Waals surface area contributed by atoms with E-state index in [0.29, 0.717) is 0 Å². The lowest BCUT2D eigenvalue weighted by Crippen LogP contribution is -2.28. The van der Waals surface area contributed by atoms with Crippen molar-refractivity contribution >= 4 is 5.97 Å². The number of alkyl halides is 2. The summed E-state index contributed by atoms with van der Waals surface area (Å²) >= 11 is 0. The zero-order chi connectivity index (χ0) is 12.5. The van der Waals surface area contributed by atoms with E-state index in [-0.39, 0.29) is 6.42 Å². The number of carbonyl (C=O) groups is 1. The standard InChI is InChI=1S/C13H14F2O2/c14-13(15,12(16)17)7-6-9-4-5-10-2-1-3-11(10)8-9/h4-5,8H,1-3,6-7H2,(H,16,17). The summed E-state index contributed by atoms with van der Waals surface area (Å²) in [5.74, 6) is -5.67. The SMILES string of the molecule is O=C(O)C(F)(F)CCc1ccc2c(c1)CCC2. The number of hydrogen-bond acceptors (Lipinski definition) is 1. The Morgan fingerprint density at radius 1 is 1.29 bits per heavy atom. The Balaban J connectivity index is 2.03. The van der Waals surface area contributed by atoms with Gasteiger partial charge in [0, 0.05) is 6.42 Å². The van der Waals surface area contributed by atoms with Gasteiger partial charge in [0.15, 0.2) is 0 Å². The number of rotatable bonds is 4. The van der Waals surface area contributed by atoms with Crippen LogP contribution in [0.5, 0.6) is 0 Å². The summed E-state index contributed by atoms with van der Waals surface area (Å²) in [6.45, 7) is 0. The molecule has 0 atom stereocenters. The highest BCUT2D eigenvalue weighted by Crippen LogP contribution is 2.25. The van der Waals surface area contributed by atoms with E-state index in [9.17, 15) is 13.6 Å². The molecule has 0 spiro atoms. The molecule has 0 saturated heterocycles. The average Bonchev–Trinajstić information content (AvgIpc) is 2.73. The minimum Gasteiger partial charge on any atom is -0.477 e.